The third kappa shape index (κ3) is 6.66. The van der Waals surface area contributed by atoms with Crippen molar-refractivity contribution in [3.05, 3.63) is 34.0 Å². The molecule has 0 spiro atoms. The maximum Gasteiger partial charge on any atom is 0.193 e. The zero-order chi connectivity index (χ0) is 14.9. The minimum absolute atomic E-state index is 0. The molecule has 0 aromatic carbocycles. The molecule has 0 bridgehead atoms. The van der Waals surface area contributed by atoms with Crippen LogP contribution in [0.1, 0.15) is 17.7 Å². The van der Waals surface area contributed by atoms with Crippen LogP contribution < -0.4 is 5.32 Å². The Hall–Kier alpha value is -0.600. The number of hydrogen-bond donors (Lipinski definition) is 1. The van der Waals surface area contributed by atoms with Crippen molar-refractivity contribution in [2.75, 3.05) is 40.4 Å². The molecule has 6 heteroatoms. The first-order valence-corrected chi connectivity index (χ1v) is 8.37. The molecule has 2 rings (SSSR count). The number of rotatable bonds is 6. The van der Waals surface area contributed by atoms with Crippen LogP contribution in [-0.4, -0.2) is 51.3 Å². The van der Waals surface area contributed by atoms with Crippen molar-refractivity contribution in [3.8, 4) is 0 Å². The van der Waals surface area contributed by atoms with Gasteiger partial charge in [0, 0.05) is 32.1 Å². The normalized spacial score (nSPS) is 15.0. The maximum atomic E-state index is 5.33. The van der Waals surface area contributed by atoms with Crippen molar-refractivity contribution in [1.82, 2.24) is 10.2 Å². The van der Waals surface area contributed by atoms with E-state index in [4.69, 9.17) is 4.74 Å². The highest BCUT2D eigenvalue weighted by molar-refractivity contribution is 14.0. The summed E-state index contributed by atoms with van der Waals surface area (Å²) in [5, 5.41) is 5.57. The molecule has 0 atom stereocenters. The van der Waals surface area contributed by atoms with Crippen molar-refractivity contribution in [3.63, 3.8) is 0 Å². The molecule has 0 radical (unpaired) electrons. The molecule has 2 heterocycles. The van der Waals surface area contributed by atoms with Crippen LogP contribution in [0.3, 0.4) is 0 Å². The molecule has 1 aromatic rings. The van der Waals surface area contributed by atoms with E-state index in [0.717, 1.165) is 51.5 Å². The second-order valence-corrected chi connectivity index (χ2v) is 6.19. The van der Waals surface area contributed by atoms with E-state index in [2.05, 4.69) is 45.8 Å². The molecule has 1 aliphatic rings. The van der Waals surface area contributed by atoms with E-state index in [1.165, 1.54) is 10.5 Å². The molecule has 1 N–H and O–H groups in total. The predicted octanol–water partition coefficient (Wildman–Crippen LogP) is 3.15. The fraction of sp³-hybridized carbons (Fsp3) is 0.562. The average molecular weight is 435 g/mol. The third-order valence-electron chi connectivity index (χ3n) is 3.63. The second kappa shape index (κ2) is 11.0. The highest BCUT2D eigenvalue weighted by Crippen LogP contribution is 2.11. The highest BCUT2D eigenvalue weighted by Gasteiger charge is 2.07. The van der Waals surface area contributed by atoms with Gasteiger partial charge in [-0.1, -0.05) is 17.7 Å². The lowest BCUT2D eigenvalue weighted by molar-refractivity contribution is 0.153. The van der Waals surface area contributed by atoms with E-state index < -0.39 is 0 Å². The molecule has 22 heavy (non-hydrogen) atoms. The monoisotopic (exact) mass is 435 g/mol. The Balaban J connectivity index is 0.00000242. The Labute approximate surface area is 154 Å². The summed E-state index contributed by atoms with van der Waals surface area (Å²) in [7, 11) is 3.94. The Kier molecular flexibility index (Phi) is 9.74. The second-order valence-electron chi connectivity index (χ2n) is 5.16. The van der Waals surface area contributed by atoms with E-state index in [1.807, 2.05) is 18.4 Å². The first-order valence-electron chi connectivity index (χ1n) is 7.49. The number of thiophene rings is 1. The van der Waals surface area contributed by atoms with Gasteiger partial charge in [0.15, 0.2) is 5.96 Å². The Morgan fingerprint density at radius 1 is 1.45 bits per heavy atom. The van der Waals surface area contributed by atoms with Crippen LogP contribution in [0.15, 0.2) is 34.2 Å². The van der Waals surface area contributed by atoms with Gasteiger partial charge in [-0.3, -0.25) is 4.99 Å². The van der Waals surface area contributed by atoms with Gasteiger partial charge in [0.25, 0.3) is 0 Å². The van der Waals surface area contributed by atoms with Gasteiger partial charge in [0.05, 0.1) is 13.2 Å². The summed E-state index contributed by atoms with van der Waals surface area (Å²) >= 11 is 1.81. The Bertz CT molecular complexity index is 474. The van der Waals surface area contributed by atoms with Gasteiger partial charge < -0.3 is 15.0 Å². The lowest BCUT2D eigenvalue weighted by Gasteiger charge is -2.22. The Morgan fingerprint density at radius 3 is 2.95 bits per heavy atom. The van der Waals surface area contributed by atoms with Crippen LogP contribution in [0.2, 0.25) is 0 Å². The zero-order valence-corrected chi connectivity index (χ0v) is 16.5. The van der Waals surface area contributed by atoms with Crippen LogP contribution in [-0.2, 0) is 11.2 Å². The number of likely N-dealkylation sites (N-methyl/N-ethyl adjacent to an activating group) is 1. The van der Waals surface area contributed by atoms with Gasteiger partial charge in [-0.2, -0.15) is 0 Å². The number of ether oxygens (including phenoxy) is 1. The van der Waals surface area contributed by atoms with Gasteiger partial charge in [0.1, 0.15) is 0 Å². The van der Waals surface area contributed by atoms with Crippen molar-refractivity contribution in [2.24, 2.45) is 4.99 Å². The molecule has 1 aromatic heterocycles. The molecule has 0 unspecified atom stereocenters. The van der Waals surface area contributed by atoms with E-state index >= 15 is 0 Å². The number of guanidine groups is 1. The molecular weight excluding hydrogens is 409 g/mol. The molecule has 0 fully saturated rings. The van der Waals surface area contributed by atoms with Gasteiger partial charge in [-0.05, 0) is 30.7 Å². The molecular formula is C16H26IN3OS. The van der Waals surface area contributed by atoms with E-state index in [1.54, 1.807) is 0 Å². The smallest absolute Gasteiger partial charge is 0.193 e. The number of nitrogens with one attached hydrogen (secondary N) is 1. The van der Waals surface area contributed by atoms with Crippen molar-refractivity contribution in [2.45, 2.75) is 19.3 Å². The summed E-state index contributed by atoms with van der Waals surface area (Å²) in [4.78, 5) is 7.97. The van der Waals surface area contributed by atoms with Crippen molar-refractivity contribution < 1.29 is 4.74 Å². The number of aliphatic imine (C=N–C) groups is 1. The predicted molar refractivity (Wildman–Crippen MR) is 106 cm³/mol. The molecule has 0 aliphatic carbocycles. The summed E-state index contributed by atoms with van der Waals surface area (Å²) in [5.74, 6) is 0.971. The lowest BCUT2D eigenvalue weighted by atomic mass is 10.1. The molecule has 0 amide bonds. The molecule has 0 saturated carbocycles. The summed E-state index contributed by atoms with van der Waals surface area (Å²) in [6, 6.07) is 4.29. The standard InChI is InChI=1S/C16H25N3OS.HI/c1-17-16(18-9-5-14-7-11-20-12-8-14)19(2)10-6-15-4-3-13-21-15;/h3-4,7,13H,5-6,8-12H2,1-2H3,(H,17,18);1H. The van der Waals surface area contributed by atoms with E-state index in [9.17, 15) is 0 Å². The van der Waals surface area contributed by atoms with Crippen LogP contribution in [0.25, 0.3) is 0 Å². The number of halogens is 1. The van der Waals surface area contributed by atoms with Crippen LogP contribution in [0.4, 0.5) is 0 Å². The molecule has 1 aliphatic heterocycles. The SMILES string of the molecule is CN=C(NCCC1=CCOCC1)N(C)CCc1cccs1.I. The van der Waals surface area contributed by atoms with E-state index in [-0.39, 0.29) is 24.0 Å². The maximum absolute atomic E-state index is 5.33. The van der Waals surface area contributed by atoms with Crippen LogP contribution in [0, 0.1) is 0 Å². The van der Waals surface area contributed by atoms with Crippen molar-refractivity contribution in [1.29, 1.82) is 0 Å². The molecule has 0 saturated heterocycles. The minimum Gasteiger partial charge on any atom is -0.377 e. The molecule has 4 nitrogen and oxygen atoms in total. The van der Waals surface area contributed by atoms with Gasteiger partial charge >= 0.3 is 0 Å². The summed E-state index contributed by atoms with van der Waals surface area (Å²) in [6.07, 6.45) is 5.40. The van der Waals surface area contributed by atoms with Gasteiger partial charge in [-0.25, -0.2) is 0 Å². The lowest BCUT2D eigenvalue weighted by Crippen LogP contribution is -2.40. The minimum atomic E-state index is 0. The van der Waals surface area contributed by atoms with Crippen LogP contribution >= 0.6 is 35.3 Å². The fourth-order valence-corrected chi connectivity index (χ4v) is 3.05. The molecule has 124 valence electrons. The third-order valence-corrected chi connectivity index (χ3v) is 4.57. The summed E-state index contributed by atoms with van der Waals surface area (Å²) in [5.41, 5.74) is 1.49. The average Bonchev–Trinajstić information content (AvgIpc) is 3.04. The number of nitrogens with zero attached hydrogens (tertiary/aromatic N) is 2. The highest BCUT2D eigenvalue weighted by atomic mass is 127. The van der Waals surface area contributed by atoms with Crippen molar-refractivity contribution >= 4 is 41.3 Å². The van der Waals surface area contributed by atoms with Gasteiger partial charge in [0.2, 0.25) is 0 Å². The first kappa shape index (κ1) is 19.4. The largest absolute Gasteiger partial charge is 0.377 e. The summed E-state index contributed by atoms with van der Waals surface area (Å²) in [6.45, 7) is 3.55. The fourth-order valence-electron chi connectivity index (χ4n) is 2.35. The zero-order valence-electron chi connectivity index (χ0n) is 13.4. The summed E-state index contributed by atoms with van der Waals surface area (Å²) < 4.78 is 5.33. The quantitative estimate of drug-likeness (QED) is 0.323. The van der Waals surface area contributed by atoms with Crippen LogP contribution in [0.5, 0.6) is 0 Å². The first-order chi connectivity index (χ1) is 10.3. The van der Waals surface area contributed by atoms with E-state index in [0.29, 0.717) is 0 Å². The van der Waals surface area contributed by atoms with Gasteiger partial charge in [-0.15, -0.1) is 35.3 Å². The Morgan fingerprint density at radius 2 is 2.32 bits per heavy atom. The topological polar surface area (TPSA) is 36.9 Å². The number of hydrogen-bond acceptors (Lipinski definition) is 3.